The first-order valence-corrected chi connectivity index (χ1v) is 10.2. The van der Waals surface area contributed by atoms with Crippen molar-refractivity contribution in [2.75, 3.05) is 13.2 Å². The Morgan fingerprint density at radius 3 is 2.29 bits per heavy atom. The van der Waals surface area contributed by atoms with Gasteiger partial charge in [-0.05, 0) is 61.7 Å². The lowest BCUT2D eigenvalue weighted by Crippen LogP contribution is -2.06. The number of ketones is 2. The monoisotopic (exact) mass is 391 g/mol. The van der Waals surface area contributed by atoms with E-state index in [0.717, 1.165) is 26.7 Å². The molecule has 0 saturated carbocycles. The van der Waals surface area contributed by atoms with Crippen molar-refractivity contribution in [2.24, 2.45) is 0 Å². The number of hydrogen-bond donors (Lipinski definition) is 0. The maximum atomic E-state index is 12.8. The zero-order valence-corrected chi connectivity index (χ0v) is 16.7. The normalized spacial score (nSPS) is 11.4. The van der Waals surface area contributed by atoms with Crippen LogP contribution in [0.4, 0.5) is 0 Å². The summed E-state index contributed by atoms with van der Waals surface area (Å²) in [5, 5.41) is 3.88. The molecular weight excluding hydrogens is 370 g/mol. The van der Waals surface area contributed by atoms with Crippen LogP contribution in [0, 0.1) is 0 Å². The van der Waals surface area contributed by atoms with Crippen molar-refractivity contribution in [1.29, 1.82) is 0 Å². The van der Waals surface area contributed by atoms with Gasteiger partial charge in [0.25, 0.3) is 0 Å². The maximum absolute atomic E-state index is 12.8. The smallest absolute Gasteiger partial charge is 0.202 e. The minimum Gasteiger partial charge on any atom is -0.380 e. The molecular formula is C23H21NO3S. The molecule has 0 spiro atoms. The number of hydrogen-bond acceptors (Lipinski definition) is 4. The van der Waals surface area contributed by atoms with Gasteiger partial charge < -0.3 is 9.30 Å². The molecule has 0 saturated heterocycles. The Kier molecular flexibility index (Phi) is 5.11. The number of carbonyl (C=O) groups excluding carboxylic acids is 2. The molecule has 5 heteroatoms. The molecule has 0 radical (unpaired) electrons. The minimum absolute atomic E-state index is 0.0230. The summed E-state index contributed by atoms with van der Waals surface area (Å²) in [5.74, 6) is 0.0535. The first kappa shape index (κ1) is 18.6. The summed E-state index contributed by atoms with van der Waals surface area (Å²) < 4.78 is 7.75. The van der Waals surface area contributed by atoms with Crippen LogP contribution in [0.1, 0.15) is 39.4 Å². The van der Waals surface area contributed by atoms with Crippen molar-refractivity contribution >= 4 is 44.7 Å². The summed E-state index contributed by atoms with van der Waals surface area (Å²) in [6.07, 6.45) is 0. The molecule has 0 atom stereocenters. The Labute approximate surface area is 167 Å². The average molecular weight is 391 g/mol. The first-order chi connectivity index (χ1) is 13.6. The van der Waals surface area contributed by atoms with E-state index in [1.54, 1.807) is 6.92 Å². The second-order valence-corrected chi connectivity index (χ2v) is 7.62. The van der Waals surface area contributed by atoms with Crippen LogP contribution in [0.5, 0.6) is 0 Å². The number of fused-ring (bicyclic) bond motifs is 3. The highest BCUT2D eigenvalue weighted by molar-refractivity contribution is 7.12. The average Bonchev–Trinajstić information content (AvgIpc) is 3.34. The van der Waals surface area contributed by atoms with E-state index < -0.39 is 0 Å². The van der Waals surface area contributed by atoms with Crippen molar-refractivity contribution in [3.8, 4) is 0 Å². The van der Waals surface area contributed by atoms with E-state index in [2.05, 4.69) is 4.57 Å². The molecule has 0 aliphatic carbocycles. The number of carbonyl (C=O) groups is 2. The van der Waals surface area contributed by atoms with Gasteiger partial charge in [-0.1, -0.05) is 6.07 Å². The van der Waals surface area contributed by atoms with Crippen LogP contribution in [-0.2, 0) is 11.3 Å². The summed E-state index contributed by atoms with van der Waals surface area (Å²) in [6.45, 7) is 5.55. The van der Waals surface area contributed by atoms with Crippen LogP contribution in [0.15, 0.2) is 53.9 Å². The zero-order valence-electron chi connectivity index (χ0n) is 15.9. The topological polar surface area (TPSA) is 48.3 Å². The molecule has 142 valence electrons. The number of benzene rings is 2. The molecule has 2 aromatic heterocycles. The second kappa shape index (κ2) is 7.70. The Morgan fingerprint density at radius 1 is 1.00 bits per heavy atom. The predicted molar refractivity (Wildman–Crippen MR) is 114 cm³/mol. The third-order valence-electron chi connectivity index (χ3n) is 4.94. The van der Waals surface area contributed by atoms with Gasteiger partial charge in [0.1, 0.15) is 0 Å². The van der Waals surface area contributed by atoms with E-state index in [0.29, 0.717) is 30.9 Å². The molecule has 0 N–H and O–H groups in total. The summed E-state index contributed by atoms with van der Waals surface area (Å²) in [5.41, 5.74) is 3.41. The molecule has 0 bridgehead atoms. The van der Waals surface area contributed by atoms with Crippen molar-refractivity contribution in [2.45, 2.75) is 20.4 Å². The van der Waals surface area contributed by atoms with Gasteiger partial charge in [-0.15, -0.1) is 11.3 Å². The van der Waals surface area contributed by atoms with Crippen LogP contribution in [0.3, 0.4) is 0 Å². The summed E-state index contributed by atoms with van der Waals surface area (Å²) in [4.78, 5) is 25.4. The summed E-state index contributed by atoms with van der Waals surface area (Å²) in [7, 11) is 0. The number of ether oxygens (including phenoxy) is 1. The van der Waals surface area contributed by atoms with E-state index in [4.69, 9.17) is 4.74 Å². The zero-order chi connectivity index (χ0) is 19.7. The highest BCUT2D eigenvalue weighted by Gasteiger charge is 2.16. The van der Waals surface area contributed by atoms with Crippen LogP contribution in [0.25, 0.3) is 21.8 Å². The molecule has 0 unspecified atom stereocenters. The molecule has 0 aliphatic rings. The largest absolute Gasteiger partial charge is 0.380 e. The maximum Gasteiger partial charge on any atom is 0.202 e. The Hall–Kier alpha value is -2.76. The van der Waals surface area contributed by atoms with Crippen LogP contribution >= 0.6 is 11.3 Å². The fraction of sp³-hybridized carbons (Fsp3) is 0.217. The van der Waals surface area contributed by atoms with Crippen LogP contribution in [-0.4, -0.2) is 29.3 Å². The van der Waals surface area contributed by atoms with Gasteiger partial charge in [0.2, 0.25) is 5.78 Å². The number of rotatable bonds is 7. The van der Waals surface area contributed by atoms with Gasteiger partial charge in [0, 0.05) is 46.1 Å². The number of aromatic nitrogens is 1. The molecule has 2 heterocycles. The van der Waals surface area contributed by atoms with Crippen molar-refractivity contribution in [3.63, 3.8) is 0 Å². The van der Waals surface area contributed by atoms with E-state index >= 15 is 0 Å². The Balaban J connectivity index is 1.90. The molecule has 4 rings (SSSR count). The first-order valence-electron chi connectivity index (χ1n) is 9.33. The quantitative estimate of drug-likeness (QED) is 0.316. The molecule has 4 nitrogen and oxygen atoms in total. The fourth-order valence-electron chi connectivity index (χ4n) is 3.56. The van der Waals surface area contributed by atoms with Gasteiger partial charge in [0.05, 0.1) is 11.5 Å². The van der Waals surface area contributed by atoms with Crippen molar-refractivity contribution in [1.82, 2.24) is 4.57 Å². The lowest BCUT2D eigenvalue weighted by Gasteiger charge is -2.08. The lowest BCUT2D eigenvalue weighted by atomic mass is 10.0. The van der Waals surface area contributed by atoms with Gasteiger partial charge >= 0.3 is 0 Å². The number of Topliss-reactive ketones (excluding diaryl/α,β-unsaturated/α-hetero) is 1. The highest BCUT2D eigenvalue weighted by Crippen LogP contribution is 2.31. The third kappa shape index (κ3) is 3.28. The van der Waals surface area contributed by atoms with E-state index in [-0.39, 0.29) is 11.6 Å². The summed E-state index contributed by atoms with van der Waals surface area (Å²) in [6, 6.07) is 15.3. The highest BCUT2D eigenvalue weighted by atomic mass is 32.1. The standard InChI is InChI=1S/C23H21NO3S/c1-3-27-11-10-24-20-8-6-16(15(2)25)13-18(20)19-14-17(7-9-21(19)24)23(26)22-5-4-12-28-22/h4-9,12-14H,3,10-11H2,1-2H3. The molecule has 0 aliphatic heterocycles. The van der Waals surface area contributed by atoms with E-state index in [9.17, 15) is 9.59 Å². The SMILES string of the molecule is CCOCCn1c2ccc(C(C)=O)cc2c2cc(C(=O)c3cccs3)ccc21. The van der Waals surface area contributed by atoms with Gasteiger partial charge in [-0.3, -0.25) is 9.59 Å². The number of nitrogens with zero attached hydrogens (tertiary/aromatic N) is 1. The molecule has 0 fully saturated rings. The van der Waals surface area contributed by atoms with Crippen LogP contribution < -0.4 is 0 Å². The van der Waals surface area contributed by atoms with Gasteiger partial charge in [0.15, 0.2) is 5.78 Å². The summed E-state index contributed by atoms with van der Waals surface area (Å²) >= 11 is 1.44. The molecule has 2 aromatic carbocycles. The predicted octanol–water partition coefficient (Wildman–Crippen LogP) is 5.33. The second-order valence-electron chi connectivity index (χ2n) is 6.68. The Bertz CT molecular complexity index is 1170. The van der Waals surface area contributed by atoms with E-state index in [1.807, 2.05) is 60.8 Å². The van der Waals surface area contributed by atoms with Crippen molar-refractivity contribution in [3.05, 3.63) is 69.9 Å². The third-order valence-corrected chi connectivity index (χ3v) is 5.81. The van der Waals surface area contributed by atoms with E-state index in [1.165, 1.54) is 11.3 Å². The molecule has 0 amide bonds. The molecule has 4 aromatic rings. The van der Waals surface area contributed by atoms with Crippen molar-refractivity contribution < 1.29 is 14.3 Å². The molecule has 28 heavy (non-hydrogen) atoms. The number of thiophene rings is 1. The Morgan fingerprint density at radius 2 is 1.68 bits per heavy atom. The lowest BCUT2D eigenvalue weighted by molar-refractivity contribution is 0.101. The van der Waals surface area contributed by atoms with Gasteiger partial charge in [-0.25, -0.2) is 0 Å². The minimum atomic E-state index is 0.0230. The van der Waals surface area contributed by atoms with Crippen LogP contribution in [0.2, 0.25) is 0 Å². The van der Waals surface area contributed by atoms with Gasteiger partial charge in [-0.2, -0.15) is 0 Å². The fourth-order valence-corrected chi connectivity index (χ4v) is 4.24.